The van der Waals surface area contributed by atoms with Crippen LogP contribution in [0.15, 0.2) is 0 Å². The molecule has 0 saturated heterocycles. The van der Waals surface area contributed by atoms with E-state index in [1.807, 2.05) is 0 Å². The van der Waals surface area contributed by atoms with Crippen LogP contribution in [0.2, 0.25) is 0 Å². The first kappa shape index (κ1) is 16.9. The van der Waals surface area contributed by atoms with E-state index in [4.69, 9.17) is 0 Å². The Morgan fingerprint density at radius 1 is 1.00 bits per heavy atom. The summed E-state index contributed by atoms with van der Waals surface area (Å²) in [4.78, 5) is 2.49. The molecule has 0 saturated carbocycles. The maximum absolute atomic E-state index is 3.63. The summed E-state index contributed by atoms with van der Waals surface area (Å²) in [6.45, 7) is 13.7. The van der Waals surface area contributed by atoms with Crippen LogP contribution in [-0.2, 0) is 0 Å². The van der Waals surface area contributed by atoms with Crippen molar-refractivity contribution in [3.05, 3.63) is 0 Å². The molecular formula is C15H34N2. The molecule has 2 nitrogen and oxygen atoms in total. The molecule has 0 heterocycles. The lowest BCUT2D eigenvalue weighted by Gasteiger charge is -2.27. The molecule has 0 aliphatic carbocycles. The van der Waals surface area contributed by atoms with E-state index < -0.39 is 0 Å². The maximum atomic E-state index is 3.63. The van der Waals surface area contributed by atoms with Crippen LogP contribution in [0.3, 0.4) is 0 Å². The van der Waals surface area contributed by atoms with Gasteiger partial charge in [-0.05, 0) is 45.6 Å². The Balaban J connectivity index is 3.61. The van der Waals surface area contributed by atoms with E-state index >= 15 is 0 Å². The van der Waals surface area contributed by atoms with Gasteiger partial charge in [-0.3, -0.25) is 0 Å². The SMILES string of the molecule is CCC(CC)N(C)CCNC(C)CCC(C)C. The first-order chi connectivity index (χ1) is 8.01. The number of hydrogen-bond donors (Lipinski definition) is 1. The van der Waals surface area contributed by atoms with Gasteiger partial charge in [0, 0.05) is 25.2 Å². The minimum Gasteiger partial charge on any atom is -0.313 e. The molecule has 0 aliphatic rings. The lowest BCUT2D eigenvalue weighted by molar-refractivity contribution is 0.226. The summed E-state index contributed by atoms with van der Waals surface area (Å²) in [6.07, 6.45) is 5.15. The molecule has 0 aromatic rings. The molecule has 2 heteroatoms. The Kier molecular flexibility index (Phi) is 9.85. The predicted octanol–water partition coefficient (Wildman–Crippen LogP) is 3.52. The first-order valence-electron chi connectivity index (χ1n) is 7.44. The molecule has 1 N–H and O–H groups in total. The van der Waals surface area contributed by atoms with Crippen molar-refractivity contribution in [2.45, 2.75) is 72.4 Å². The third-order valence-corrected chi connectivity index (χ3v) is 3.70. The Hall–Kier alpha value is -0.0800. The Bertz CT molecular complexity index is 164. The highest BCUT2D eigenvalue weighted by molar-refractivity contribution is 4.68. The smallest absolute Gasteiger partial charge is 0.0107 e. The Labute approximate surface area is 109 Å². The number of hydrogen-bond acceptors (Lipinski definition) is 2. The molecule has 0 radical (unpaired) electrons. The molecule has 0 amide bonds. The molecule has 17 heavy (non-hydrogen) atoms. The zero-order valence-corrected chi connectivity index (χ0v) is 12.9. The van der Waals surface area contributed by atoms with Gasteiger partial charge in [0.1, 0.15) is 0 Å². The number of likely N-dealkylation sites (N-methyl/N-ethyl adjacent to an activating group) is 1. The van der Waals surface area contributed by atoms with Crippen LogP contribution in [-0.4, -0.2) is 37.1 Å². The van der Waals surface area contributed by atoms with Crippen LogP contribution < -0.4 is 5.32 Å². The number of rotatable bonds is 10. The van der Waals surface area contributed by atoms with Crippen molar-refractivity contribution in [3.63, 3.8) is 0 Å². The van der Waals surface area contributed by atoms with Gasteiger partial charge in [0.2, 0.25) is 0 Å². The minimum atomic E-state index is 0.660. The summed E-state index contributed by atoms with van der Waals surface area (Å²) >= 11 is 0. The van der Waals surface area contributed by atoms with E-state index in [-0.39, 0.29) is 0 Å². The average molecular weight is 242 g/mol. The fraction of sp³-hybridized carbons (Fsp3) is 1.00. The van der Waals surface area contributed by atoms with Crippen LogP contribution in [0, 0.1) is 5.92 Å². The zero-order valence-electron chi connectivity index (χ0n) is 12.9. The van der Waals surface area contributed by atoms with Gasteiger partial charge in [-0.15, -0.1) is 0 Å². The van der Waals surface area contributed by atoms with Crippen LogP contribution >= 0.6 is 0 Å². The van der Waals surface area contributed by atoms with Gasteiger partial charge in [0.25, 0.3) is 0 Å². The molecule has 0 fully saturated rings. The molecule has 0 bridgehead atoms. The summed E-state index contributed by atoms with van der Waals surface area (Å²) in [5.41, 5.74) is 0. The van der Waals surface area contributed by atoms with Crippen molar-refractivity contribution in [3.8, 4) is 0 Å². The molecule has 0 aromatic heterocycles. The van der Waals surface area contributed by atoms with E-state index in [1.165, 1.54) is 32.2 Å². The second kappa shape index (κ2) is 9.90. The van der Waals surface area contributed by atoms with Gasteiger partial charge in [-0.1, -0.05) is 27.7 Å². The van der Waals surface area contributed by atoms with Crippen molar-refractivity contribution in [1.29, 1.82) is 0 Å². The van der Waals surface area contributed by atoms with E-state index in [9.17, 15) is 0 Å². The first-order valence-corrected chi connectivity index (χ1v) is 7.44. The van der Waals surface area contributed by atoms with Crippen molar-refractivity contribution in [2.75, 3.05) is 20.1 Å². The van der Waals surface area contributed by atoms with Crippen LogP contribution in [0.4, 0.5) is 0 Å². The van der Waals surface area contributed by atoms with Crippen LogP contribution in [0.25, 0.3) is 0 Å². The Morgan fingerprint density at radius 3 is 2.06 bits per heavy atom. The second-order valence-corrected chi connectivity index (χ2v) is 5.78. The minimum absolute atomic E-state index is 0.660. The average Bonchev–Trinajstić information content (AvgIpc) is 2.28. The standard InChI is InChI=1S/C15H34N2/c1-7-15(8-2)17(6)12-11-16-14(5)10-9-13(3)4/h13-16H,7-12H2,1-6H3. The molecule has 0 rings (SSSR count). The predicted molar refractivity (Wildman–Crippen MR) is 78.5 cm³/mol. The summed E-state index contributed by atoms with van der Waals surface area (Å²) < 4.78 is 0. The third-order valence-electron chi connectivity index (χ3n) is 3.70. The number of nitrogens with one attached hydrogen (secondary N) is 1. The molecule has 0 spiro atoms. The zero-order chi connectivity index (χ0) is 13.3. The lowest BCUT2D eigenvalue weighted by atomic mass is 10.0. The van der Waals surface area contributed by atoms with Gasteiger partial charge in [0.15, 0.2) is 0 Å². The molecule has 0 aliphatic heterocycles. The molecule has 104 valence electrons. The normalized spacial score (nSPS) is 13.9. The second-order valence-electron chi connectivity index (χ2n) is 5.78. The van der Waals surface area contributed by atoms with Gasteiger partial charge in [-0.25, -0.2) is 0 Å². The highest BCUT2D eigenvalue weighted by atomic mass is 15.1. The molecular weight excluding hydrogens is 208 g/mol. The van der Waals surface area contributed by atoms with E-state index in [0.717, 1.165) is 18.5 Å². The fourth-order valence-corrected chi connectivity index (χ4v) is 2.27. The highest BCUT2D eigenvalue weighted by Gasteiger charge is 2.10. The van der Waals surface area contributed by atoms with E-state index in [0.29, 0.717) is 6.04 Å². The van der Waals surface area contributed by atoms with Gasteiger partial charge >= 0.3 is 0 Å². The van der Waals surface area contributed by atoms with E-state index in [1.54, 1.807) is 0 Å². The van der Waals surface area contributed by atoms with Gasteiger partial charge in [0.05, 0.1) is 0 Å². The summed E-state index contributed by atoms with van der Waals surface area (Å²) in [6, 6.07) is 1.41. The van der Waals surface area contributed by atoms with Crippen LogP contribution in [0.5, 0.6) is 0 Å². The van der Waals surface area contributed by atoms with E-state index in [2.05, 4.69) is 51.9 Å². The largest absolute Gasteiger partial charge is 0.313 e. The molecule has 0 aromatic carbocycles. The topological polar surface area (TPSA) is 15.3 Å². The quantitative estimate of drug-likeness (QED) is 0.630. The van der Waals surface area contributed by atoms with Crippen molar-refractivity contribution >= 4 is 0 Å². The Morgan fingerprint density at radius 2 is 1.59 bits per heavy atom. The summed E-state index contributed by atoms with van der Waals surface area (Å²) in [7, 11) is 2.25. The van der Waals surface area contributed by atoms with Crippen molar-refractivity contribution < 1.29 is 0 Å². The summed E-state index contributed by atoms with van der Waals surface area (Å²) in [5.74, 6) is 0.825. The third kappa shape index (κ3) is 8.62. The lowest BCUT2D eigenvalue weighted by Crippen LogP contribution is -2.38. The maximum Gasteiger partial charge on any atom is 0.0107 e. The highest BCUT2D eigenvalue weighted by Crippen LogP contribution is 2.07. The number of nitrogens with zero attached hydrogens (tertiary/aromatic N) is 1. The van der Waals surface area contributed by atoms with Crippen LogP contribution in [0.1, 0.15) is 60.3 Å². The van der Waals surface area contributed by atoms with Crippen molar-refractivity contribution in [1.82, 2.24) is 10.2 Å². The summed E-state index contributed by atoms with van der Waals surface area (Å²) in [5, 5.41) is 3.63. The monoisotopic (exact) mass is 242 g/mol. The van der Waals surface area contributed by atoms with Crippen molar-refractivity contribution in [2.24, 2.45) is 5.92 Å². The van der Waals surface area contributed by atoms with Gasteiger partial charge < -0.3 is 10.2 Å². The molecule has 1 atom stereocenters. The van der Waals surface area contributed by atoms with Gasteiger partial charge in [-0.2, -0.15) is 0 Å². The molecule has 1 unspecified atom stereocenters. The fourth-order valence-electron chi connectivity index (χ4n) is 2.27.